The third-order valence-corrected chi connectivity index (χ3v) is 5.84. The Hall–Kier alpha value is -1.97. The van der Waals surface area contributed by atoms with Gasteiger partial charge in [-0.3, -0.25) is 4.31 Å². The molecule has 6 heteroatoms. The van der Waals surface area contributed by atoms with Gasteiger partial charge in [0.1, 0.15) is 0 Å². The second-order valence-electron chi connectivity index (χ2n) is 4.65. The van der Waals surface area contributed by atoms with Crippen LogP contribution >= 0.6 is 11.8 Å². The molecule has 0 amide bonds. The Morgan fingerprint density at radius 3 is 2.18 bits per heavy atom. The maximum atomic E-state index is 12.6. The largest absolute Gasteiger partial charge is 0.269 e. The molecule has 2 aromatic rings. The SMILES string of the molecule is CSc1ccc(S(=O)(=O)N(C)c2ccc(CC#N)cc2)cc1. The molecular formula is C16H16N2O2S2. The molecule has 0 aromatic heterocycles. The molecule has 0 aliphatic carbocycles. The molecule has 0 aliphatic heterocycles. The van der Waals surface area contributed by atoms with Crippen molar-refractivity contribution in [2.75, 3.05) is 17.6 Å². The Morgan fingerprint density at radius 2 is 1.68 bits per heavy atom. The van der Waals surface area contributed by atoms with Crippen LogP contribution in [-0.2, 0) is 16.4 Å². The summed E-state index contributed by atoms with van der Waals surface area (Å²) in [6.45, 7) is 0. The predicted octanol–water partition coefficient (Wildman–Crippen LogP) is 3.30. The fourth-order valence-electron chi connectivity index (χ4n) is 1.96. The lowest BCUT2D eigenvalue weighted by atomic mass is 10.1. The minimum Gasteiger partial charge on any atom is -0.269 e. The highest BCUT2D eigenvalue weighted by Crippen LogP contribution is 2.24. The maximum Gasteiger partial charge on any atom is 0.264 e. The first kappa shape index (κ1) is 16.4. The van der Waals surface area contributed by atoms with Gasteiger partial charge in [0.25, 0.3) is 10.0 Å². The number of sulfonamides is 1. The van der Waals surface area contributed by atoms with E-state index in [1.54, 1.807) is 60.3 Å². The summed E-state index contributed by atoms with van der Waals surface area (Å²) in [5.74, 6) is 0. The van der Waals surface area contributed by atoms with Crippen LogP contribution in [0.5, 0.6) is 0 Å². The second-order valence-corrected chi connectivity index (χ2v) is 7.50. The van der Waals surface area contributed by atoms with Crippen LogP contribution < -0.4 is 4.31 Å². The fourth-order valence-corrected chi connectivity index (χ4v) is 3.56. The van der Waals surface area contributed by atoms with Crippen molar-refractivity contribution in [3.8, 4) is 6.07 Å². The fraction of sp³-hybridized carbons (Fsp3) is 0.188. The number of hydrogen-bond donors (Lipinski definition) is 0. The predicted molar refractivity (Wildman–Crippen MR) is 89.6 cm³/mol. The van der Waals surface area contributed by atoms with Gasteiger partial charge in [0.2, 0.25) is 0 Å². The molecule has 4 nitrogen and oxygen atoms in total. The van der Waals surface area contributed by atoms with Crippen LogP contribution in [0, 0.1) is 11.3 Å². The zero-order valence-corrected chi connectivity index (χ0v) is 14.0. The number of rotatable bonds is 5. The van der Waals surface area contributed by atoms with Crippen molar-refractivity contribution in [2.45, 2.75) is 16.2 Å². The highest BCUT2D eigenvalue weighted by atomic mass is 32.2. The molecule has 0 saturated carbocycles. The highest BCUT2D eigenvalue weighted by molar-refractivity contribution is 7.98. The van der Waals surface area contributed by atoms with Crippen molar-refractivity contribution in [1.82, 2.24) is 0 Å². The molecule has 0 saturated heterocycles. The van der Waals surface area contributed by atoms with Crippen LogP contribution in [0.3, 0.4) is 0 Å². The standard InChI is InChI=1S/C16H16N2O2S2/c1-18(14-5-3-13(4-6-14)11-12-17)22(19,20)16-9-7-15(21-2)8-10-16/h3-10H,11H2,1-2H3. The molecule has 2 rings (SSSR count). The summed E-state index contributed by atoms with van der Waals surface area (Å²) in [7, 11) is -2.06. The van der Waals surface area contributed by atoms with Gasteiger partial charge in [-0.25, -0.2) is 8.42 Å². The second kappa shape index (κ2) is 6.86. The van der Waals surface area contributed by atoms with Crippen LogP contribution in [0.1, 0.15) is 5.56 Å². The lowest BCUT2D eigenvalue weighted by Crippen LogP contribution is -2.26. The summed E-state index contributed by atoms with van der Waals surface area (Å²) in [6, 6.07) is 15.8. The molecule has 0 N–H and O–H groups in total. The van der Waals surface area contributed by atoms with Crippen LogP contribution in [0.15, 0.2) is 58.3 Å². The number of nitriles is 1. The molecule has 0 radical (unpaired) electrons. The summed E-state index contributed by atoms with van der Waals surface area (Å²) < 4.78 is 26.5. The van der Waals surface area contributed by atoms with Crippen molar-refractivity contribution in [3.63, 3.8) is 0 Å². The number of nitrogens with zero attached hydrogens (tertiary/aromatic N) is 2. The molecule has 0 aliphatic rings. The van der Waals surface area contributed by atoms with E-state index in [0.29, 0.717) is 12.1 Å². The minimum atomic E-state index is -3.58. The summed E-state index contributed by atoms with van der Waals surface area (Å²) in [5, 5.41) is 8.66. The van der Waals surface area contributed by atoms with Crippen molar-refractivity contribution < 1.29 is 8.42 Å². The number of benzene rings is 2. The molecular weight excluding hydrogens is 316 g/mol. The maximum absolute atomic E-state index is 12.6. The van der Waals surface area contributed by atoms with Gasteiger partial charge in [-0.1, -0.05) is 12.1 Å². The molecule has 0 bridgehead atoms. The van der Waals surface area contributed by atoms with E-state index in [9.17, 15) is 8.42 Å². The van der Waals surface area contributed by atoms with Gasteiger partial charge in [0, 0.05) is 11.9 Å². The Kier molecular flexibility index (Phi) is 5.11. The van der Waals surface area contributed by atoms with Crippen LogP contribution in [0.25, 0.3) is 0 Å². The van der Waals surface area contributed by atoms with E-state index in [1.807, 2.05) is 6.26 Å². The first-order valence-corrected chi connectivity index (χ1v) is 9.24. The van der Waals surface area contributed by atoms with Gasteiger partial charge in [0.15, 0.2) is 0 Å². The van der Waals surface area contributed by atoms with E-state index >= 15 is 0 Å². The average Bonchev–Trinajstić information content (AvgIpc) is 2.55. The Balaban J connectivity index is 2.29. The first-order valence-electron chi connectivity index (χ1n) is 6.58. The quantitative estimate of drug-likeness (QED) is 0.788. The number of hydrogen-bond acceptors (Lipinski definition) is 4. The topological polar surface area (TPSA) is 61.2 Å². The van der Waals surface area contributed by atoms with E-state index < -0.39 is 10.0 Å². The lowest BCUT2D eigenvalue weighted by molar-refractivity contribution is 0.594. The lowest BCUT2D eigenvalue weighted by Gasteiger charge is -2.19. The zero-order chi connectivity index (χ0) is 16.2. The molecule has 0 heterocycles. The van der Waals surface area contributed by atoms with Gasteiger partial charge in [0.05, 0.1) is 23.1 Å². The van der Waals surface area contributed by atoms with E-state index in [4.69, 9.17) is 5.26 Å². The summed E-state index contributed by atoms with van der Waals surface area (Å²) >= 11 is 1.56. The Morgan fingerprint density at radius 1 is 1.09 bits per heavy atom. The zero-order valence-electron chi connectivity index (χ0n) is 12.4. The molecule has 0 atom stereocenters. The Bertz CT molecular complexity index is 776. The number of thioether (sulfide) groups is 1. The average molecular weight is 332 g/mol. The molecule has 114 valence electrons. The summed E-state index contributed by atoms with van der Waals surface area (Å²) in [6.07, 6.45) is 2.26. The van der Waals surface area contributed by atoms with Crippen molar-refractivity contribution in [3.05, 3.63) is 54.1 Å². The first-order chi connectivity index (χ1) is 10.5. The third kappa shape index (κ3) is 3.43. The highest BCUT2D eigenvalue weighted by Gasteiger charge is 2.21. The van der Waals surface area contributed by atoms with Crippen molar-refractivity contribution in [1.29, 1.82) is 5.26 Å². The Labute approximate surface area is 135 Å². The molecule has 0 spiro atoms. The van der Waals surface area contributed by atoms with Gasteiger partial charge < -0.3 is 0 Å². The third-order valence-electron chi connectivity index (χ3n) is 3.30. The number of anilines is 1. The molecule has 22 heavy (non-hydrogen) atoms. The normalized spacial score (nSPS) is 11.0. The molecule has 2 aromatic carbocycles. The van der Waals surface area contributed by atoms with Gasteiger partial charge in [-0.05, 0) is 48.2 Å². The van der Waals surface area contributed by atoms with Crippen LogP contribution in [-0.4, -0.2) is 21.7 Å². The summed E-state index contributed by atoms with van der Waals surface area (Å²) in [4.78, 5) is 1.27. The molecule has 0 unspecified atom stereocenters. The van der Waals surface area contributed by atoms with Crippen molar-refractivity contribution in [2.24, 2.45) is 0 Å². The van der Waals surface area contributed by atoms with Gasteiger partial charge >= 0.3 is 0 Å². The van der Waals surface area contributed by atoms with Crippen molar-refractivity contribution >= 4 is 27.5 Å². The summed E-state index contributed by atoms with van der Waals surface area (Å²) in [5.41, 5.74) is 1.43. The van der Waals surface area contributed by atoms with Crippen LogP contribution in [0.4, 0.5) is 5.69 Å². The van der Waals surface area contributed by atoms with E-state index in [-0.39, 0.29) is 4.90 Å². The van der Waals surface area contributed by atoms with E-state index in [2.05, 4.69) is 6.07 Å². The monoisotopic (exact) mass is 332 g/mol. The van der Waals surface area contributed by atoms with Gasteiger partial charge in [-0.15, -0.1) is 11.8 Å². The minimum absolute atomic E-state index is 0.258. The smallest absolute Gasteiger partial charge is 0.264 e. The van der Waals surface area contributed by atoms with E-state index in [1.165, 1.54) is 11.4 Å². The van der Waals surface area contributed by atoms with Gasteiger partial charge in [-0.2, -0.15) is 5.26 Å². The van der Waals surface area contributed by atoms with E-state index in [0.717, 1.165) is 10.5 Å². The molecule has 0 fully saturated rings. The van der Waals surface area contributed by atoms with Crippen LogP contribution in [0.2, 0.25) is 0 Å².